The van der Waals surface area contributed by atoms with Crippen molar-refractivity contribution >= 4 is 10.9 Å². The highest BCUT2D eigenvalue weighted by atomic mass is 19.1. The molecule has 2 aromatic carbocycles. The molecule has 1 aromatic heterocycles. The fourth-order valence-corrected chi connectivity index (χ4v) is 2.36. The average molecular weight is 266 g/mol. The normalized spacial score (nSPS) is 12.5. The van der Waals surface area contributed by atoms with Crippen LogP contribution in [-0.4, -0.2) is 4.98 Å². The van der Waals surface area contributed by atoms with Crippen LogP contribution in [0, 0.1) is 5.82 Å². The van der Waals surface area contributed by atoms with E-state index in [4.69, 9.17) is 5.73 Å². The molecule has 0 aliphatic rings. The van der Waals surface area contributed by atoms with Gasteiger partial charge in [-0.05, 0) is 47.9 Å². The van der Waals surface area contributed by atoms with Crippen molar-refractivity contribution in [3.8, 4) is 0 Å². The summed E-state index contributed by atoms with van der Waals surface area (Å²) < 4.78 is 13.2. The predicted octanol–water partition coefficient (Wildman–Crippen LogP) is 3.62. The zero-order valence-corrected chi connectivity index (χ0v) is 11.0. The van der Waals surface area contributed by atoms with E-state index in [0.29, 0.717) is 6.42 Å². The van der Waals surface area contributed by atoms with E-state index in [0.717, 1.165) is 22.0 Å². The molecule has 3 heteroatoms. The van der Waals surface area contributed by atoms with E-state index in [1.807, 2.05) is 36.4 Å². The Kier molecular flexibility index (Phi) is 3.44. The first-order valence-electron chi connectivity index (χ1n) is 6.57. The molecule has 20 heavy (non-hydrogen) atoms. The molecule has 2 nitrogen and oxygen atoms in total. The third-order valence-corrected chi connectivity index (χ3v) is 3.40. The maximum atomic E-state index is 13.2. The summed E-state index contributed by atoms with van der Waals surface area (Å²) in [4.78, 5) is 4.29. The second-order valence-electron chi connectivity index (χ2n) is 4.90. The summed E-state index contributed by atoms with van der Waals surface area (Å²) >= 11 is 0. The van der Waals surface area contributed by atoms with Gasteiger partial charge in [-0.15, -0.1) is 0 Å². The van der Waals surface area contributed by atoms with Crippen LogP contribution < -0.4 is 5.73 Å². The molecule has 0 bridgehead atoms. The van der Waals surface area contributed by atoms with Crippen LogP contribution in [0.1, 0.15) is 17.2 Å². The summed E-state index contributed by atoms with van der Waals surface area (Å²) in [5, 5.41) is 1.07. The first-order chi connectivity index (χ1) is 9.72. The highest BCUT2D eigenvalue weighted by molar-refractivity contribution is 5.79. The van der Waals surface area contributed by atoms with E-state index in [-0.39, 0.29) is 11.9 Å². The van der Waals surface area contributed by atoms with Gasteiger partial charge in [-0.1, -0.05) is 24.3 Å². The molecular weight excluding hydrogens is 251 g/mol. The van der Waals surface area contributed by atoms with E-state index in [9.17, 15) is 4.39 Å². The van der Waals surface area contributed by atoms with E-state index < -0.39 is 0 Å². The highest BCUT2D eigenvalue weighted by Crippen LogP contribution is 2.20. The van der Waals surface area contributed by atoms with Gasteiger partial charge in [0.05, 0.1) is 5.52 Å². The Bertz CT molecular complexity index is 740. The van der Waals surface area contributed by atoms with Gasteiger partial charge in [0.2, 0.25) is 0 Å². The Morgan fingerprint density at radius 2 is 1.95 bits per heavy atom. The van der Waals surface area contributed by atoms with Gasteiger partial charge in [-0.3, -0.25) is 4.98 Å². The number of aromatic nitrogens is 1. The Morgan fingerprint density at radius 1 is 1.05 bits per heavy atom. The lowest BCUT2D eigenvalue weighted by molar-refractivity contribution is 0.622. The summed E-state index contributed by atoms with van der Waals surface area (Å²) in [5.74, 6) is -0.225. The van der Waals surface area contributed by atoms with Crippen molar-refractivity contribution in [2.45, 2.75) is 12.5 Å². The lowest BCUT2D eigenvalue weighted by atomic mass is 9.98. The molecule has 3 aromatic rings. The molecule has 0 fully saturated rings. The Hall–Kier alpha value is -2.26. The lowest BCUT2D eigenvalue weighted by Gasteiger charge is -2.13. The van der Waals surface area contributed by atoms with E-state index in [2.05, 4.69) is 4.98 Å². The van der Waals surface area contributed by atoms with Crippen molar-refractivity contribution < 1.29 is 4.39 Å². The van der Waals surface area contributed by atoms with Crippen molar-refractivity contribution in [1.29, 1.82) is 0 Å². The van der Waals surface area contributed by atoms with Crippen molar-refractivity contribution in [3.63, 3.8) is 0 Å². The summed E-state index contributed by atoms with van der Waals surface area (Å²) in [6, 6.07) is 16.3. The van der Waals surface area contributed by atoms with Crippen LogP contribution in [-0.2, 0) is 6.42 Å². The van der Waals surface area contributed by atoms with Crippen LogP contribution in [0.25, 0.3) is 10.9 Å². The standard InChI is InChI=1S/C17H15FN2/c18-15-5-1-3-12(9-15)10-16(19)13-6-7-17-14(11-13)4-2-8-20-17/h1-9,11,16H,10,19H2. The fraction of sp³-hybridized carbons (Fsp3) is 0.118. The minimum atomic E-state index is -0.225. The van der Waals surface area contributed by atoms with Crippen molar-refractivity contribution in [3.05, 3.63) is 77.7 Å². The molecule has 0 saturated carbocycles. The molecule has 1 heterocycles. The SMILES string of the molecule is NC(Cc1cccc(F)c1)c1ccc2ncccc2c1. The van der Waals surface area contributed by atoms with Crippen LogP contribution in [0.2, 0.25) is 0 Å². The highest BCUT2D eigenvalue weighted by Gasteiger charge is 2.08. The van der Waals surface area contributed by atoms with Crippen LogP contribution >= 0.6 is 0 Å². The third-order valence-electron chi connectivity index (χ3n) is 3.40. The molecule has 0 aliphatic carbocycles. The van der Waals surface area contributed by atoms with E-state index >= 15 is 0 Å². The number of fused-ring (bicyclic) bond motifs is 1. The number of nitrogens with zero attached hydrogens (tertiary/aromatic N) is 1. The van der Waals surface area contributed by atoms with E-state index in [1.54, 1.807) is 12.3 Å². The first-order valence-corrected chi connectivity index (χ1v) is 6.57. The van der Waals surface area contributed by atoms with Crippen LogP contribution in [0.4, 0.5) is 4.39 Å². The summed E-state index contributed by atoms with van der Waals surface area (Å²) in [6.07, 6.45) is 2.39. The van der Waals surface area contributed by atoms with Gasteiger partial charge in [0, 0.05) is 17.6 Å². The number of hydrogen-bond donors (Lipinski definition) is 1. The van der Waals surface area contributed by atoms with Gasteiger partial charge < -0.3 is 5.73 Å². The van der Waals surface area contributed by atoms with Gasteiger partial charge in [-0.25, -0.2) is 4.39 Å². The number of pyridine rings is 1. The molecule has 1 atom stereocenters. The largest absolute Gasteiger partial charge is 0.324 e. The number of hydrogen-bond acceptors (Lipinski definition) is 2. The van der Waals surface area contributed by atoms with Gasteiger partial charge in [-0.2, -0.15) is 0 Å². The maximum Gasteiger partial charge on any atom is 0.123 e. The first kappa shape index (κ1) is 12.8. The molecule has 0 saturated heterocycles. The molecule has 3 rings (SSSR count). The molecule has 100 valence electrons. The number of halogens is 1. The third kappa shape index (κ3) is 2.68. The second kappa shape index (κ2) is 5.39. The molecule has 0 spiro atoms. The van der Waals surface area contributed by atoms with Crippen LogP contribution in [0.5, 0.6) is 0 Å². The molecular formula is C17H15FN2. The molecule has 1 unspecified atom stereocenters. The van der Waals surface area contributed by atoms with Crippen LogP contribution in [0.15, 0.2) is 60.8 Å². The van der Waals surface area contributed by atoms with Gasteiger partial charge in [0.15, 0.2) is 0 Å². The monoisotopic (exact) mass is 266 g/mol. The Morgan fingerprint density at radius 3 is 2.80 bits per heavy atom. The van der Waals surface area contributed by atoms with E-state index in [1.165, 1.54) is 12.1 Å². The van der Waals surface area contributed by atoms with Crippen molar-refractivity contribution in [2.24, 2.45) is 5.73 Å². The zero-order chi connectivity index (χ0) is 13.9. The van der Waals surface area contributed by atoms with Crippen molar-refractivity contribution in [2.75, 3.05) is 0 Å². The minimum absolute atomic E-state index is 0.151. The molecule has 0 aliphatic heterocycles. The molecule has 2 N–H and O–H groups in total. The second-order valence-corrected chi connectivity index (χ2v) is 4.90. The lowest BCUT2D eigenvalue weighted by Crippen LogP contribution is -2.13. The summed E-state index contributed by atoms with van der Waals surface area (Å²) in [7, 11) is 0. The summed E-state index contributed by atoms with van der Waals surface area (Å²) in [5.41, 5.74) is 9.12. The smallest absolute Gasteiger partial charge is 0.123 e. The van der Waals surface area contributed by atoms with Gasteiger partial charge in [0.1, 0.15) is 5.82 Å². The Labute approximate surface area is 117 Å². The van der Waals surface area contributed by atoms with Gasteiger partial charge >= 0.3 is 0 Å². The average Bonchev–Trinajstić information content (AvgIpc) is 2.47. The maximum absolute atomic E-state index is 13.2. The fourth-order valence-electron chi connectivity index (χ4n) is 2.36. The minimum Gasteiger partial charge on any atom is -0.324 e. The molecule has 0 radical (unpaired) electrons. The van der Waals surface area contributed by atoms with Gasteiger partial charge in [0.25, 0.3) is 0 Å². The van der Waals surface area contributed by atoms with Crippen LogP contribution in [0.3, 0.4) is 0 Å². The summed E-state index contributed by atoms with van der Waals surface area (Å²) in [6.45, 7) is 0. The number of rotatable bonds is 3. The van der Waals surface area contributed by atoms with Crippen molar-refractivity contribution in [1.82, 2.24) is 4.98 Å². The predicted molar refractivity (Wildman–Crippen MR) is 78.8 cm³/mol. The molecule has 0 amide bonds. The Balaban J connectivity index is 1.86. The quantitative estimate of drug-likeness (QED) is 0.786. The number of benzene rings is 2. The topological polar surface area (TPSA) is 38.9 Å². The number of nitrogens with two attached hydrogens (primary N) is 1. The zero-order valence-electron chi connectivity index (χ0n) is 11.0.